The Hall–Kier alpha value is -2.55. The van der Waals surface area contributed by atoms with Crippen molar-refractivity contribution in [2.75, 3.05) is 27.2 Å². The maximum absolute atomic E-state index is 11.9. The minimum atomic E-state index is -0.0876. The molecule has 6 nitrogen and oxygen atoms in total. The van der Waals surface area contributed by atoms with Gasteiger partial charge in [0, 0.05) is 13.6 Å². The lowest BCUT2D eigenvalue weighted by molar-refractivity contribution is -0.149. The molecule has 1 aliphatic rings. The lowest BCUT2D eigenvalue weighted by Crippen LogP contribution is -2.51. The summed E-state index contributed by atoms with van der Waals surface area (Å²) in [4.78, 5) is 26.4. The van der Waals surface area contributed by atoms with Crippen molar-refractivity contribution in [3.63, 3.8) is 0 Å². The van der Waals surface area contributed by atoms with Crippen LogP contribution in [0, 0.1) is 11.3 Å². The summed E-state index contributed by atoms with van der Waals surface area (Å²) in [5.74, 6) is 0.304. The van der Waals surface area contributed by atoms with Crippen molar-refractivity contribution in [3.05, 3.63) is 29.3 Å². The van der Waals surface area contributed by atoms with Gasteiger partial charge < -0.3 is 14.5 Å². The van der Waals surface area contributed by atoms with Gasteiger partial charge in [-0.15, -0.1) is 0 Å². The standard InChI is InChI=1S/C14H15N3O3/c1-16-8-14(19)17(9-13(16)18)7-10-3-4-11(6-15)12(5-10)20-2/h3-5H,7-9H2,1-2H3. The van der Waals surface area contributed by atoms with Gasteiger partial charge in [0.05, 0.1) is 19.2 Å². The molecule has 1 fully saturated rings. The van der Waals surface area contributed by atoms with Crippen molar-refractivity contribution in [2.45, 2.75) is 6.54 Å². The maximum atomic E-state index is 11.9. The molecule has 0 bridgehead atoms. The topological polar surface area (TPSA) is 73.6 Å². The fraction of sp³-hybridized carbons (Fsp3) is 0.357. The molecule has 0 aromatic heterocycles. The third-order valence-corrected chi connectivity index (χ3v) is 3.24. The Morgan fingerprint density at radius 2 is 2.05 bits per heavy atom. The number of amides is 2. The van der Waals surface area contributed by atoms with Crippen LogP contribution in [0.1, 0.15) is 11.1 Å². The van der Waals surface area contributed by atoms with Crippen LogP contribution in [0.2, 0.25) is 0 Å². The van der Waals surface area contributed by atoms with E-state index in [1.807, 2.05) is 6.07 Å². The highest BCUT2D eigenvalue weighted by atomic mass is 16.5. The van der Waals surface area contributed by atoms with Crippen molar-refractivity contribution >= 4 is 11.8 Å². The number of nitrogens with zero attached hydrogens (tertiary/aromatic N) is 3. The van der Waals surface area contributed by atoms with E-state index in [-0.39, 0.29) is 24.9 Å². The minimum Gasteiger partial charge on any atom is -0.495 e. The number of nitriles is 1. The summed E-state index contributed by atoms with van der Waals surface area (Å²) in [5, 5.41) is 8.92. The van der Waals surface area contributed by atoms with Crippen LogP contribution in [0.4, 0.5) is 0 Å². The molecule has 6 heteroatoms. The Bertz CT molecular complexity index is 592. The molecule has 1 saturated heterocycles. The molecule has 0 radical (unpaired) electrons. The van der Waals surface area contributed by atoms with Crippen LogP contribution in [-0.2, 0) is 16.1 Å². The predicted molar refractivity (Wildman–Crippen MR) is 70.8 cm³/mol. The van der Waals surface area contributed by atoms with Crippen LogP contribution in [0.3, 0.4) is 0 Å². The second-order valence-electron chi connectivity index (χ2n) is 4.65. The summed E-state index contributed by atoms with van der Waals surface area (Å²) < 4.78 is 5.13. The Balaban J connectivity index is 2.16. The molecule has 1 heterocycles. The Morgan fingerprint density at radius 1 is 1.30 bits per heavy atom. The smallest absolute Gasteiger partial charge is 0.242 e. The zero-order valence-electron chi connectivity index (χ0n) is 11.4. The molecule has 2 rings (SSSR count). The van der Waals surface area contributed by atoms with E-state index < -0.39 is 0 Å². The fourth-order valence-corrected chi connectivity index (χ4v) is 2.05. The van der Waals surface area contributed by atoms with E-state index in [9.17, 15) is 9.59 Å². The second kappa shape index (κ2) is 5.61. The third-order valence-electron chi connectivity index (χ3n) is 3.24. The Morgan fingerprint density at radius 3 is 2.70 bits per heavy atom. The third kappa shape index (κ3) is 2.72. The molecule has 0 aliphatic carbocycles. The highest BCUT2D eigenvalue weighted by Gasteiger charge is 2.27. The molecular weight excluding hydrogens is 258 g/mol. The van der Waals surface area contributed by atoms with Gasteiger partial charge in [-0.05, 0) is 17.7 Å². The number of benzene rings is 1. The van der Waals surface area contributed by atoms with Gasteiger partial charge in [-0.25, -0.2) is 0 Å². The van der Waals surface area contributed by atoms with Gasteiger partial charge in [0.1, 0.15) is 18.4 Å². The summed E-state index contributed by atoms with van der Waals surface area (Å²) in [6.07, 6.45) is 0. The first-order valence-electron chi connectivity index (χ1n) is 6.14. The number of hydrogen-bond donors (Lipinski definition) is 0. The largest absolute Gasteiger partial charge is 0.495 e. The molecule has 1 aliphatic heterocycles. The summed E-state index contributed by atoms with van der Waals surface area (Å²) in [5.41, 5.74) is 1.27. The zero-order valence-corrected chi connectivity index (χ0v) is 11.4. The van der Waals surface area contributed by atoms with Gasteiger partial charge in [-0.1, -0.05) is 6.07 Å². The molecule has 104 valence electrons. The Labute approximate surface area is 117 Å². The van der Waals surface area contributed by atoms with Crippen LogP contribution in [0.5, 0.6) is 5.75 Å². The minimum absolute atomic E-state index is 0.0785. The van der Waals surface area contributed by atoms with Gasteiger partial charge in [0.15, 0.2) is 0 Å². The average Bonchev–Trinajstić information content (AvgIpc) is 2.44. The molecule has 2 amide bonds. The van der Waals surface area contributed by atoms with Crippen molar-refractivity contribution < 1.29 is 14.3 Å². The van der Waals surface area contributed by atoms with Crippen LogP contribution in [0.15, 0.2) is 18.2 Å². The van der Waals surface area contributed by atoms with E-state index in [1.54, 1.807) is 25.2 Å². The van der Waals surface area contributed by atoms with Gasteiger partial charge in [0.2, 0.25) is 11.8 Å². The number of carbonyl (C=O) groups is 2. The lowest BCUT2D eigenvalue weighted by Gasteiger charge is -2.31. The van der Waals surface area contributed by atoms with Gasteiger partial charge >= 0.3 is 0 Å². The number of likely N-dealkylation sites (N-methyl/N-ethyl adjacent to an activating group) is 1. The molecule has 0 saturated carbocycles. The van der Waals surface area contributed by atoms with Gasteiger partial charge in [-0.3, -0.25) is 9.59 Å². The van der Waals surface area contributed by atoms with E-state index in [4.69, 9.17) is 10.00 Å². The SMILES string of the molecule is COc1cc(CN2CC(=O)N(C)CC2=O)ccc1C#N. The number of rotatable bonds is 3. The van der Waals surface area contributed by atoms with Crippen molar-refractivity contribution in [1.29, 1.82) is 5.26 Å². The highest BCUT2D eigenvalue weighted by molar-refractivity contribution is 5.92. The van der Waals surface area contributed by atoms with Crippen LogP contribution >= 0.6 is 0 Å². The number of piperazine rings is 1. The fourth-order valence-electron chi connectivity index (χ4n) is 2.05. The van der Waals surface area contributed by atoms with E-state index in [0.717, 1.165) is 5.56 Å². The van der Waals surface area contributed by atoms with Crippen molar-refractivity contribution in [3.8, 4) is 11.8 Å². The average molecular weight is 273 g/mol. The monoisotopic (exact) mass is 273 g/mol. The summed E-state index contributed by atoms with van der Waals surface area (Å²) in [6.45, 7) is 0.518. The molecule has 0 N–H and O–H groups in total. The number of hydrogen-bond acceptors (Lipinski definition) is 4. The van der Waals surface area contributed by atoms with Crippen LogP contribution < -0.4 is 4.74 Å². The summed E-state index contributed by atoms with van der Waals surface area (Å²) in [6, 6.07) is 7.16. The van der Waals surface area contributed by atoms with Crippen molar-refractivity contribution in [1.82, 2.24) is 9.80 Å². The predicted octanol–water partition coefficient (Wildman–Crippen LogP) is 0.367. The van der Waals surface area contributed by atoms with E-state index in [1.165, 1.54) is 16.9 Å². The quantitative estimate of drug-likeness (QED) is 0.797. The zero-order chi connectivity index (χ0) is 14.7. The maximum Gasteiger partial charge on any atom is 0.242 e. The number of methoxy groups -OCH3 is 1. The van der Waals surface area contributed by atoms with Crippen LogP contribution in [0.25, 0.3) is 0 Å². The first-order chi connectivity index (χ1) is 9.55. The number of ether oxygens (including phenoxy) is 1. The van der Waals surface area contributed by atoms with E-state index in [0.29, 0.717) is 17.9 Å². The van der Waals surface area contributed by atoms with Gasteiger partial charge in [-0.2, -0.15) is 5.26 Å². The highest BCUT2D eigenvalue weighted by Crippen LogP contribution is 2.20. The summed E-state index contributed by atoms with van der Waals surface area (Å²) in [7, 11) is 3.10. The molecule has 1 aromatic rings. The molecule has 20 heavy (non-hydrogen) atoms. The second-order valence-corrected chi connectivity index (χ2v) is 4.65. The molecule has 0 atom stereocenters. The van der Waals surface area contributed by atoms with Crippen molar-refractivity contribution in [2.24, 2.45) is 0 Å². The number of carbonyl (C=O) groups excluding carboxylic acids is 2. The molecular formula is C14H15N3O3. The Kier molecular flexibility index (Phi) is 3.89. The lowest BCUT2D eigenvalue weighted by atomic mass is 10.1. The molecule has 0 spiro atoms. The molecule has 0 unspecified atom stereocenters. The molecule has 1 aromatic carbocycles. The first kappa shape index (κ1) is 13.9. The van der Waals surface area contributed by atoms with E-state index in [2.05, 4.69) is 0 Å². The van der Waals surface area contributed by atoms with Crippen LogP contribution in [-0.4, -0.2) is 48.9 Å². The van der Waals surface area contributed by atoms with E-state index >= 15 is 0 Å². The van der Waals surface area contributed by atoms with Gasteiger partial charge in [0.25, 0.3) is 0 Å². The first-order valence-corrected chi connectivity index (χ1v) is 6.14. The summed E-state index contributed by atoms with van der Waals surface area (Å²) >= 11 is 0. The normalized spacial score (nSPS) is 15.2.